The van der Waals surface area contributed by atoms with Gasteiger partial charge >= 0.3 is 0 Å². The van der Waals surface area contributed by atoms with Crippen LogP contribution in [0.2, 0.25) is 0 Å². The maximum Gasteiger partial charge on any atom is 0.263 e. The van der Waals surface area contributed by atoms with Gasteiger partial charge in [-0.1, -0.05) is 5.16 Å². The minimum Gasteiger partial charge on any atom is -0.363 e. The van der Waals surface area contributed by atoms with Crippen molar-refractivity contribution in [2.45, 2.75) is 4.90 Å². The topological polar surface area (TPSA) is 105 Å². The highest BCUT2D eigenvalue weighted by molar-refractivity contribution is 7.92. The molecular formula is C12H9N3O4S. The molecule has 0 atom stereocenters. The summed E-state index contributed by atoms with van der Waals surface area (Å²) in [6.45, 7) is 0. The van der Waals surface area contributed by atoms with Crippen LogP contribution in [0.25, 0.3) is 10.9 Å². The molecule has 2 N–H and O–H groups in total. The molecule has 2 heterocycles. The van der Waals surface area contributed by atoms with Gasteiger partial charge in [0.1, 0.15) is 6.26 Å². The number of nitrogens with zero attached hydrogens (tertiary/aromatic N) is 1. The molecule has 2 aromatic heterocycles. The predicted octanol–water partition coefficient (Wildman–Crippen LogP) is 1.32. The smallest absolute Gasteiger partial charge is 0.263 e. The second-order valence-electron chi connectivity index (χ2n) is 4.06. The average Bonchev–Trinajstić information content (AvgIpc) is 2.90. The summed E-state index contributed by atoms with van der Waals surface area (Å²) in [6, 6.07) is 8.70. The van der Waals surface area contributed by atoms with E-state index < -0.39 is 10.0 Å². The van der Waals surface area contributed by atoms with Crippen LogP contribution in [-0.2, 0) is 10.0 Å². The molecule has 7 nitrogen and oxygen atoms in total. The Labute approximate surface area is 113 Å². The van der Waals surface area contributed by atoms with Crippen LogP contribution >= 0.6 is 0 Å². The number of anilines is 1. The van der Waals surface area contributed by atoms with Crippen LogP contribution in [0.5, 0.6) is 0 Å². The first-order valence-corrected chi connectivity index (χ1v) is 7.09. The summed E-state index contributed by atoms with van der Waals surface area (Å²) in [5, 5.41) is 4.11. The summed E-state index contributed by atoms with van der Waals surface area (Å²) in [4.78, 5) is 13.9. The third-order valence-corrected chi connectivity index (χ3v) is 4.03. The monoisotopic (exact) mass is 291 g/mol. The number of fused-ring (bicyclic) bond motifs is 1. The maximum absolute atomic E-state index is 12.1. The van der Waals surface area contributed by atoms with Crippen molar-refractivity contribution in [2.75, 3.05) is 4.72 Å². The Balaban J connectivity index is 2.05. The zero-order chi connectivity index (χ0) is 14.2. The second kappa shape index (κ2) is 4.49. The lowest BCUT2D eigenvalue weighted by molar-refractivity contribution is 0.423. The Bertz CT molecular complexity index is 913. The fourth-order valence-corrected chi connectivity index (χ4v) is 2.79. The highest BCUT2D eigenvalue weighted by Gasteiger charge is 2.16. The van der Waals surface area contributed by atoms with Gasteiger partial charge in [0.2, 0.25) is 5.56 Å². The van der Waals surface area contributed by atoms with Crippen LogP contribution < -0.4 is 10.3 Å². The molecule has 0 aliphatic carbocycles. The van der Waals surface area contributed by atoms with Gasteiger partial charge in [-0.05, 0) is 29.7 Å². The quantitative estimate of drug-likeness (QED) is 0.757. The first kappa shape index (κ1) is 12.4. The Morgan fingerprint density at radius 2 is 2.00 bits per heavy atom. The largest absolute Gasteiger partial charge is 0.363 e. The van der Waals surface area contributed by atoms with E-state index in [1.807, 2.05) is 0 Å². The highest BCUT2D eigenvalue weighted by atomic mass is 32.2. The number of hydrogen-bond acceptors (Lipinski definition) is 5. The minimum absolute atomic E-state index is 0.0695. The zero-order valence-electron chi connectivity index (χ0n) is 10.0. The molecule has 0 aliphatic rings. The number of nitrogens with one attached hydrogen (secondary N) is 2. The zero-order valence-corrected chi connectivity index (χ0v) is 10.8. The normalized spacial score (nSPS) is 11.6. The lowest BCUT2D eigenvalue weighted by atomic mass is 10.2. The van der Waals surface area contributed by atoms with Gasteiger partial charge in [-0.3, -0.25) is 9.52 Å². The highest BCUT2D eigenvalue weighted by Crippen LogP contribution is 2.18. The Morgan fingerprint density at radius 3 is 2.75 bits per heavy atom. The van der Waals surface area contributed by atoms with Gasteiger partial charge in [-0.2, -0.15) is 0 Å². The van der Waals surface area contributed by atoms with Crippen LogP contribution in [0.1, 0.15) is 0 Å². The van der Waals surface area contributed by atoms with E-state index in [1.165, 1.54) is 36.6 Å². The first-order valence-electron chi connectivity index (χ1n) is 5.61. The molecule has 0 aliphatic heterocycles. The molecule has 20 heavy (non-hydrogen) atoms. The summed E-state index contributed by atoms with van der Waals surface area (Å²) in [5.41, 5.74) is 0.326. The van der Waals surface area contributed by atoms with E-state index in [1.54, 1.807) is 6.07 Å². The molecule has 0 amide bonds. The SMILES string of the molecule is O=c1ccc2cc(S(=O)(=O)Nc3ccon3)ccc2[nH]1. The van der Waals surface area contributed by atoms with E-state index in [0.717, 1.165) is 0 Å². The molecule has 0 saturated carbocycles. The van der Waals surface area contributed by atoms with Crippen molar-refractivity contribution in [3.63, 3.8) is 0 Å². The molecule has 0 fully saturated rings. The number of hydrogen-bond donors (Lipinski definition) is 2. The van der Waals surface area contributed by atoms with E-state index in [-0.39, 0.29) is 16.3 Å². The van der Waals surface area contributed by atoms with Gasteiger partial charge in [-0.15, -0.1) is 0 Å². The molecule has 0 radical (unpaired) electrons. The number of pyridine rings is 1. The summed E-state index contributed by atoms with van der Waals surface area (Å²) in [6.07, 6.45) is 1.27. The Hall–Kier alpha value is -2.61. The molecule has 8 heteroatoms. The van der Waals surface area contributed by atoms with Crippen molar-refractivity contribution in [1.29, 1.82) is 0 Å². The fourth-order valence-electron chi connectivity index (χ4n) is 1.76. The average molecular weight is 291 g/mol. The Kier molecular flexibility index (Phi) is 2.79. The molecule has 0 saturated heterocycles. The van der Waals surface area contributed by atoms with Crippen LogP contribution in [0.3, 0.4) is 0 Å². The number of benzene rings is 1. The third-order valence-electron chi connectivity index (χ3n) is 2.68. The standard InChI is InChI=1S/C12H9N3O4S/c16-12-4-1-8-7-9(2-3-10(8)13-12)20(17,18)15-11-5-6-19-14-11/h1-7H,(H,13,16)(H,14,15). The Morgan fingerprint density at radius 1 is 1.15 bits per heavy atom. The van der Waals surface area contributed by atoms with Crippen LogP contribution in [0.15, 0.2) is 56.9 Å². The predicted molar refractivity (Wildman–Crippen MR) is 71.9 cm³/mol. The van der Waals surface area contributed by atoms with Crippen molar-refractivity contribution in [3.05, 3.63) is 53.0 Å². The number of aromatic amines is 1. The lowest BCUT2D eigenvalue weighted by Crippen LogP contribution is -2.13. The third kappa shape index (κ3) is 2.28. The molecule has 3 aromatic rings. The number of rotatable bonds is 3. The molecule has 102 valence electrons. The van der Waals surface area contributed by atoms with Gasteiger partial charge in [0.25, 0.3) is 10.0 Å². The summed E-state index contributed by atoms with van der Waals surface area (Å²) < 4.78 is 31.1. The van der Waals surface area contributed by atoms with Gasteiger partial charge in [0.15, 0.2) is 5.82 Å². The molecule has 0 spiro atoms. The van der Waals surface area contributed by atoms with Crippen molar-refractivity contribution < 1.29 is 12.9 Å². The summed E-state index contributed by atoms with van der Waals surface area (Å²) >= 11 is 0. The van der Waals surface area contributed by atoms with Gasteiger partial charge in [-0.25, -0.2) is 8.42 Å². The van der Waals surface area contributed by atoms with Gasteiger partial charge in [0.05, 0.1) is 4.90 Å². The fraction of sp³-hybridized carbons (Fsp3) is 0. The van der Waals surface area contributed by atoms with E-state index in [9.17, 15) is 13.2 Å². The van der Waals surface area contributed by atoms with Crippen molar-refractivity contribution in [3.8, 4) is 0 Å². The van der Waals surface area contributed by atoms with E-state index >= 15 is 0 Å². The van der Waals surface area contributed by atoms with Gasteiger partial charge < -0.3 is 9.51 Å². The number of H-pyrrole nitrogens is 1. The van der Waals surface area contributed by atoms with Crippen LogP contribution in [-0.4, -0.2) is 18.6 Å². The summed E-state index contributed by atoms with van der Waals surface area (Å²) in [7, 11) is -3.75. The number of aromatic nitrogens is 2. The molecular weight excluding hydrogens is 282 g/mol. The first-order chi connectivity index (χ1) is 9.54. The molecule has 0 bridgehead atoms. The lowest BCUT2D eigenvalue weighted by Gasteiger charge is -2.06. The van der Waals surface area contributed by atoms with Crippen molar-refractivity contribution in [1.82, 2.24) is 10.1 Å². The summed E-state index contributed by atoms with van der Waals surface area (Å²) in [5.74, 6) is 0.103. The van der Waals surface area contributed by atoms with Gasteiger partial charge in [0, 0.05) is 17.6 Å². The maximum atomic E-state index is 12.1. The minimum atomic E-state index is -3.75. The van der Waals surface area contributed by atoms with Crippen LogP contribution in [0.4, 0.5) is 5.82 Å². The van der Waals surface area contributed by atoms with E-state index in [0.29, 0.717) is 10.9 Å². The molecule has 0 unspecified atom stereocenters. The molecule has 1 aromatic carbocycles. The van der Waals surface area contributed by atoms with Crippen molar-refractivity contribution >= 4 is 26.7 Å². The second-order valence-corrected chi connectivity index (χ2v) is 5.74. The van der Waals surface area contributed by atoms with Crippen LogP contribution in [0, 0.1) is 0 Å². The molecule has 3 rings (SSSR count). The van der Waals surface area contributed by atoms with Crippen molar-refractivity contribution in [2.24, 2.45) is 0 Å². The van der Waals surface area contributed by atoms with E-state index in [4.69, 9.17) is 0 Å². The van der Waals surface area contributed by atoms with E-state index in [2.05, 4.69) is 19.4 Å². The number of sulfonamides is 1.